The fraction of sp³-hybridized carbons (Fsp3) is 0.588. The van der Waals surface area contributed by atoms with Crippen molar-refractivity contribution in [3.8, 4) is 0 Å². The molecule has 140 valence electrons. The van der Waals surface area contributed by atoms with Crippen LogP contribution in [0.25, 0.3) is 0 Å². The third-order valence-corrected chi connectivity index (χ3v) is 6.13. The van der Waals surface area contributed by atoms with Gasteiger partial charge in [-0.3, -0.25) is 0 Å². The largest absolute Gasteiger partial charge is 0.334 e. The molecule has 0 spiro atoms. The van der Waals surface area contributed by atoms with Gasteiger partial charge in [0, 0.05) is 24.2 Å². The van der Waals surface area contributed by atoms with Crippen molar-refractivity contribution in [2.45, 2.75) is 45.6 Å². The van der Waals surface area contributed by atoms with Crippen LogP contribution in [0.5, 0.6) is 0 Å². The van der Waals surface area contributed by atoms with E-state index in [0.29, 0.717) is 24.5 Å². The molecular weight excluding hydrogens is 362 g/mol. The van der Waals surface area contributed by atoms with Crippen LogP contribution in [0.1, 0.15) is 37.8 Å². The summed E-state index contributed by atoms with van der Waals surface area (Å²) in [4.78, 5) is 12.5. The summed E-state index contributed by atoms with van der Waals surface area (Å²) in [6, 6.07) is 3.25. The van der Waals surface area contributed by atoms with E-state index in [4.69, 9.17) is 11.6 Å². The summed E-state index contributed by atoms with van der Waals surface area (Å²) in [6.45, 7) is 4.84. The highest BCUT2D eigenvalue weighted by atomic mass is 35.5. The summed E-state index contributed by atoms with van der Waals surface area (Å²) in [5.41, 5.74) is 2.70. The Morgan fingerprint density at radius 1 is 1.32 bits per heavy atom. The van der Waals surface area contributed by atoms with Crippen molar-refractivity contribution < 1.29 is 13.2 Å². The lowest BCUT2D eigenvalue weighted by Crippen LogP contribution is -2.50. The number of sulfonamides is 1. The number of carbonyl (C=O) groups excluding carboxylic acids is 1. The number of aryl methyl sites for hydroxylation is 1. The molecule has 1 atom stereocenters. The Morgan fingerprint density at radius 3 is 2.64 bits per heavy atom. The van der Waals surface area contributed by atoms with Crippen molar-refractivity contribution in [1.82, 2.24) is 9.62 Å². The third kappa shape index (κ3) is 5.09. The minimum atomic E-state index is -3.24. The lowest BCUT2D eigenvalue weighted by atomic mass is 10.0. The van der Waals surface area contributed by atoms with Gasteiger partial charge in [-0.1, -0.05) is 31.5 Å². The topological polar surface area (TPSA) is 78.5 Å². The van der Waals surface area contributed by atoms with Gasteiger partial charge in [0.15, 0.2) is 0 Å². The fourth-order valence-electron chi connectivity index (χ4n) is 3.16. The van der Waals surface area contributed by atoms with E-state index in [9.17, 15) is 13.2 Å². The zero-order valence-electron chi connectivity index (χ0n) is 14.9. The molecule has 1 saturated heterocycles. The predicted molar refractivity (Wildman–Crippen MR) is 102 cm³/mol. The quantitative estimate of drug-likeness (QED) is 0.815. The molecule has 6 nitrogen and oxygen atoms in total. The first-order chi connectivity index (χ1) is 11.8. The van der Waals surface area contributed by atoms with Crippen molar-refractivity contribution in [3.05, 3.63) is 28.3 Å². The van der Waals surface area contributed by atoms with Crippen LogP contribution in [-0.2, 0) is 22.9 Å². The number of hydrogen-bond donors (Lipinski definition) is 2. The highest BCUT2D eigenvalue weighted by Gasteiger charge is 2.27. The molecule has 1 aromatic rings. The molecule has 25 heavy (non-hydrogen) atoms. The Kier molecular flexibility index (Phi) is 6.71. The van der Waals surface area contributed by atoms with Gasteiger partial charge in [-0.25, -0.2) is 17.5 Å². The van der Waals surface area contributed by atoms with Crippen LogP contribution >= 0.6 is 11.6 Å². The molecule has 0 aromatic heterocycles. The molecular formula is C17H26ClN3O3S. The van der Waals surface area contributed by atoms with Gasteiger partial charge < -0.3 is 10.6 Å². The molecule has 2 N–H and O–H groups in total. The second kappa shape index (κ2) is 8.38. The normalized spacial score (nSPS) is 18.8. The minimum Gasteiger partial charge on any atom is -0.334 e. The number of piperidine rings is 1. The van der Waals surface area contributed by atoms with Crippen LogP contribution in [0.2, 0.25) is 5.02 Å². The van der Waals surface area contributed by atoms with Crippen molar-refractivity contribution in [3.63, 3.8) is 0 Å². The van der Waals surface area contributed by atoms with Crippen molar-refractivity contribution in [1.29, 1.82) is 0 Å². The van der Waals surface area contributed by atoms with Crippen LogP contribution in [0.4, 0.5) is 10.5 Å². The lowest BCUT2D eigenvalue weighted by Gasteiger charge is -2.31. The van der Waals surface area contributed by atoms with E-state index < -0.39 is 10.0 Å². The number of nitrogens with one attached hydrogen (secondary N) is 2. The SMILES string of the molecule is CCc1ccc(Cl)c(CC)c1NC(=O)N[C@@H]1CCCN(S(C)(=O)=O)C1. The van der Waals surface area contributed by atoms with E-state index in [1.165, 1.54) is 10.6 Å². The van der Waals surface area contributed by atoms with Crippen LogP contribution in [-0.4, -0.2) is 44.1 Å². The Bertz CT molecular complexity index is 737. The zero-order chi connectivity index (χ0) is 18.6. The number of nitrogens with zero attached hydrogens (tertiary/aromatic N) is 1. The Morgan fingerprint density at radius 2 is 2.04 bits per heavy atom. The molecule has 1 heterocycles. The van der Waals surface area contributed by atoms with Crippen LogP contribution in [0.3, 0.4) is 0 Å². The zero-order valence-corrected chi connectivity index (χ0v) is 16.5. The molecule has 0 aliphatic carbocycles. The Hall–Kier alpha value is -1.31. The highest BCUT2D eigenvalue weighted by molar-refractivity contribution is 7.88. The standard InChI is InChI=1S/C17H26ClN3O3S/c1-4-12-8-9-15(18)14(5-2)16(12)20-17(22)19-13-7-6-10-21(11-13)25(3,23)24/h8-9,13H,4-7,10-11H2,1-3H3,(H2,19,20,22)/t13-/m1/s1. The molecule has 0 saturated carbocycles. The highest BCUT2D eigenvalue weighted by Crippen LogP contribution is 2.29. The number of hydrogen-bond acceptors (Lipinski definition) is 3. The molecule has 0 unspecified atom stereocenters. The van der Waals surface area contributed by atoms with Crippen LogP contribution in [0, 0.1) is 0 Å². The molecule has 0 bridgehead atoms. The minimum absolute atomic E-state index is 0.196. The molecule has 2 amide bonds. The van der Waals surface area contributed by atoms with Crippen LogP contribution < -0.4 is 10.6 Å². The van der Waals surface area contributed by atoms with Gasteiger partial charge in [-0.05, 0) is 42.9 Å². The second-order valence-electron chi connectivity index (χ2n) is 6.33. The van der Waals surface area contributed by atoms with Gasteiger partial charge >= 0.3 is 6.03 Å². The van der Waals surface area contributed by atoms with Crippen molar-refractivity contribution in [2.24, 2.45) is 0 Å². The molecule has 0 radical (unpaired) electrons. The molecule has 1 aliphatic heterocycles. The first-order valence-corrected chi connectivity index (χ1v) is 10.8. The number of rotatable bonds is 5. The summed E-state index contributed by atoms with van der Waals surface area (Å²) < 4.78 is 24.8. The maximum Gasteiger partial charge on any atom is 0.319 e. The van der Waals surface area contributed by atoms with E-state index in [-0.39, 0.29) is 12.1 Å². The summed E-state index contributed by atoms with van der Waals surface area (Å²) in [7, 11) is -3.24. The number of anilines is 1. The first kappa shape index (κ1) is 20.0. The van der Waals surface area contributed by atoms with Gasteiger partial charge in [-0.2, -0.15) is 0 Å². The molecule has 1 aliphatic rings. The first-order valence-electron chi connectivity index (χ1n) is 8.59. The third-order valence-electron chi connectivity index (χ3n) is 4.50. The van der Waals surface area contributed by atoms with Crippen LogP contribution in [0.15, 0.2) is 12.1 Å². The van der Waals surface area contributed by atoms with Gasteiger partial charge in [0.25, 0.3) is 0 Å². The van der Waals surface area contributed by atoms with E-state index in [1.807, 2.05) is 26.0 Å². The van der Waals surface area contributed by atoms with Crippen molar-refractivity contribution in [2.75, 3.05) is 24.7 Å². The average Bonchev–Trinajstić information content (AvgIpc) is 2.55. The average molecular weight is 388 g/mol. The van der Waals surface area contributed by atoms with E-state index in [1.54, 1.807) is 0 Å². The van der Waals surface area contributed by atoms with E-state index in [2.05, 4.69) is 10.6 Å². The van der Waals surface area contributed by atoms with Crippen molar-refractivity contribution >= 4 is 33.3 Å². The van der Waals surface area contributed by atoms with Gasteiger partial charge in [0.05, 0.1) is 11.9 Å². The molecule has 1 aromatic carbocycles. The summed E-state index contributed by atoms with van der Waals surface area (Å²) in [5.74, 6) is 0. The lowest BCUT2D eigenvalue weighted by molar-refractivity contribution is 0.236. The number of amides is 2. The Balaban J connectivity index is 2.09. The van der Waals surface area contributed by atoms with E-state index in [0.717, 1.165) is 36.1 Å². The number of benzene rings is 1. The summed E-state index contributed by atoms with van der Waals surface area (Å²) in [6.07, 6.45) is 4.19. The second-order valence-corrected chi connectivity index (χ2v) is 8.72. The number of urea groups is 1. The molecule has 1 fully saturated rings. The smallest absolute Gasteiger partial charge is 0.319 e. The maximum absolute atomic E-state index is 12.5. The molecule has 2 rings (SSSR count). The Labute approximate surface area is 155 Å². The monoisotopic (exact) mass is 387 g/mol. The fourth-order valence-corrected chi connectivity index (χ4v) is 4.37. The van der Waals surface area contributed by atoms with Gasteiger partial charge in [-0.15, -0.1) is 0 Å². The summed E-state index contributed by atoms with van der Waals surface area (Å²) >= 11 is 6.26. The maximum atomic E-state index is 12.5. The van der Waals surface area contributed by atoms with Gasteiger partial charge in [0.1, 0.15) is 0 Å². The number of carbonyl (C=O) groups is 1. The molecule has 8 heteroatoms. The number of halogens is 1. The predicted octanol–water partition coefficient (Wildman–Crippen LogP) is 3.01. The van der Waals surface area contributed by atoms with E-state index >= 15 is 0 Å². The summed E-state index contributed by atoms with van der Waals surface area (Å²) in [5, 5.41) is 6.45. The van der Waals surface area contributed by atoms with Gasteiger partial charge in [0.2, 0.25) is 10.0 Å².